The maximum Gasteiger partial charge on any atom is 0.310 e. The van der Waals surface area contributed by atoms with E-state index in [2.05, 4.69) is 13.8 Å². The van der Waals surface area contributed by atoms with Crippen LogP contribution in [0.1, 0.15) is 82.9 Å². The summed E-state index contributed by atoms with van der Waals surface area (Å²) >= 11 is 0. The second-order valence-electron chi connectivity index (χ2n) is 8.60. The Morgan fingerprint density at radius 3 is 1.62 bits per heavy atom. The highest BCUT2D eigenvalue weighted by Gasteiger charge is 2.30. The summed E-state index contributed by atoms with van der Waals surface area (Å²) in [6.45, 7) is 12.2. The van der Waals surface area contributed by atoms with Crippen LogP contribution in [0.15, 0.2) is 18.2 Å². The molecule has 0 saturated carbocycles. The molecule has 0 amide bonds. The molecule has 2 unspecified atom stereocenters. The Bertz CT molecular complexity index is 617. The zero-order chi connectivity index (χ0) is 20.0. The second-order valence-corrected chi connectivity index (χ2v) is 8.60. The smallest absolute Gasteiger partial charge is 0.310 e. The van der Waals surface area contributed by atoms with E-state index in [-0.39, 0.29) is 11.8 Å². The second kappa shape index (κ2) is 9.75. The minimum absolute atomic E-state index is 0.214. The van der Waals surface area contributed by atoms with Gasteiger partial charge in [0, 0.05) is 0 Å². The van der Waals surface area contributed by atoms with Gasteiger partial charge >= 0.3 is 11.9 Å². The highest BCUT2D eigenvalue weighted by molar-refractivity contribution is 5.80. The van der Waals surface area contributed by atoms with Gasteiger partial charge in [-0.05, 0) is 53.7 Å². The molecule has 0 radical (unpaired) electrons. The number of hydrogen-bond donors (Lipinski definition) is 2. The quantitative estimate of drug-likeness (QED) is 0.591. The van der Waals surface area contributed by atoms with Crippen molar-refractivity contribution in [3.8, 4) is 0 Å². The van der Waals surface area contributed by atoms with E-state index < -0.39 is 23.8 Å². The van der Waals surface area contributed by atoms with Crippen LogP contribution in [0.25, 0.3) is 0 Å². The molecular formula is C22H34O4. The van der Waals surface area contributed by atoms with Crippen molar-refractivity contribution in [3.63, 3.8) is 0 Å². The molecule has 0 bridgehead atoms. The van der Waals surface area contributed by atoms with Crippen LogP contribution in [0, 0.1) is 17.8 Å². The molecule has 0 spiro atoms. The van der Waals surface area contributed by atoms with Crippen molar-refractivity contribution in [2.24, 2.45) is 17.8 Å². The fourth-order valence-electron chi connectivity index (χ4n) is 3.51. The van der Waals surface area contributed by atoms with Crippen molar-refractivity contribution in [1.29, 1.82) is 0 Å². The fourth-order valence-corrected chi connectivity index (χ4v) is 3.51. The van der Waals surface area contributed by atoms with Crippen molar-refractivity contribution in [2.75, 3.05) is 0 Å². The lowest BCUT2D eigenvalue weighted by Gasteiger charge is -2.24. The third-order valence-corrected chi connectivity index (χ3v) is 4.56. The molecule has 1 aromatic carbocycles. The molecule has 2 atom stereocenters. The standard InChI is InChI=1S/C22H34O4/c1-13(2)9-16-7-8-17(19(21(23)24)10-14(3)4)18(12-16)20(22(25)26)11-15(5)6/h7-8,12-15,19-20H,9-11H2,1-6H3,(H,23,24)(H,25,26). The van der Waals surface area contributed by atoms with Crippen LogP contribution >= 0.6 is 0 Å². The van der Waals surface area contributed by atoms with Crippen LogP contribution in [0.2, 0.25) is 0 Å². The lowest BCUT2D eigenvalue weighted by atomic mass is 9.79. The maximum absolute atomic E-state index is 12.0. The Morgan fingerprint density at radius 1 is 0.769 bits per heavy atom. The summed E-state index contributed by atoms with van der Waals surface area (Å²) in [4.78, 5) is 23.9. The van der Waals surface area contributed by atoms with E-state index in [1.165, 1.54) is 0 Å². The Morgan fingerprint density at radius 2 is 1.23 bits per heavy atom. The molecular weight excluding hydrogens is 328 g/mol. The number of hydrogen-bond acceptors (Lipinski definition) is 2. The zero-order valence-corrected chi connectivity index (χ0v) is 17.0. The van der Waals surface area contributed by atoms with Gasteiger partial charge in [-0.25, -0.2) is 0 Å². The number of carboxylic acids is 2. The SMILES string of the molecule is CC(C)Cc1ccc(C(CC(C)C)C(=O)O)c(C(CC(C)C)C(=O)O)c1. The van der Waals surface area contributed by atoms with Gasteiger partial charge in [-0.2, -0.15) is 0 Å². The van der Waals surface area contributed by atoms with Crippen LogP contribution < -0.4 is 0 Å². The number of benzene rings is 1. The van der Waals surface area contributed by atoms with Gasteiger partial charge < -0.3 is 10.2 Å². The van der Waals surface area contributed by atoms with Gasteiger partial charge in [0.15, 0.2) is 0 Å². The molecule has 0 aliphatic rings. The van der Waals surface area contributed by atoms with E-state index in [0.717, 1.165) is 12.0 Å². The molecule has 146 valence electrons. The fraction of sp³-hybridized carbons (Fsp3) is 0.636. The number of rotatable bonds is 10. The first-order valence-electron chi connectivity index (χ1n) is 9.61. The summed E-state index contributed by atoms with van der Waals surface area (Å²) in [6.07, 6.45) is 1.85. The third kappa shape index (κ3) is 6.47. The van der Waals surface area contributed by atoms with Crippen LogP contribution in [0.3, 0.4) is 0 Å². The number of carbonyl (C=O) groups is 2. The Kier molecular flexibility index (Phi) is 8.32. The average Bonchev–Trinajstić information content (AvgIpc) is 2.49. The molecule has 0 fully saturated rings. The molecule has 1 rings (SSSR count). The molecule has 4 nitrogen and oxygen atoms in total. The molecule has 0 aliphatic heterocycles. The Hall–Kier alpha value is -1.84. The summed E-state index contributed by atoms with van der Waals surface area (Å²) in [5.74, 6) is -2.23. The van der Waals surface area contributed by atoms with Crippen molar-refractivity contribution in [1.82, 2.24) is 0 Å². The van der Waals surface area contributed by atoms with Crippen molar-refractivity contribution in [3.05, 3.63) is 34.9 Å². The normalized spacial score (nSPS) is 14.0. The first-order valence-corrected chi connectivity index (χ1v) is 9.61. The van der Waals surface area contributed by atoms with Gasteiger partial charge in [0.25, 0.3) is 0 Å². The van der Waals surface area contributed by atoms with E-state index in [4.69, 9.17) is 0 Å². The van der Waals surface area contributed by atoms with Gasteiger partial charge in [-0.15, -0.1) is 0 Å². The van der Waals surface area contributed by atoms with E-state index in [0.29, 0.717) is 29.9 Å². The lowest BCUT2D eigenvalue weighted by molar-refractivity contribution is -0.140. The van der Waals surface area contributed by atoms with Gasteiger partial charge in [-0.3, -0.25) is 9.59 Å². The molecule has 0 heterocycles. The Balaban J connectivity index is 3.51. The Labute approximate surface area is 157 Å². The van der Waals surface area contributed by atoms with Crippen LogP contribution in [0.5, 0.6) is 0 Å². The summed E-state index contributed by atoms with van der Waals surface area (Å²) in [5, 5.41) is 19.6. The van der Waals surface area contributed by atoms with Crippen LogP contribution in [-0.4, -0.2) is 22.2 Å². The minimum Gasteiger partial charge on any atom is -0.481 e. The highest BCUT2D eigenvalue weighted by Crippen LogP contribution is 2.35. The topological polar surface area (TPSA) is 74.6 Å². The van der Waals surface area contributed by atoms with E-state index in [1.54, 1.807) is 0 Å². The van der Waals surface area contributed by atoms with Crippen molar-refractivity contribution < 1.29 is 19.8 Å². The van der Waals surface area contributed by atoms with E-state index in [9.17, 15) is 19.8 Å². The number of carboxylic acid groups (broad SMARTS) is 2. The van der Waals surface area contributed by atoms with Gasteiger partial charge in [0.2, 0.25) is 0 Å². The van der Waals surface area contributed by atoms with Gasteiger partial charge in [0.1, 0.15) is 0 Å². The maximum atomic E-state index is 12.0. The summed E-state index contributed by atoms with van der Waals surface area (Å²) in [5.41, 5.74) is 2.41. The summed E-state index contributed by atoms with van der Waals surface area (Å²) in [7, 11) is 0. The summed E-state index contributed by atoms with van der Waals surface area (Å²) < 4.78 is 0. The molecule has 0 aliphatic carbocycles. The van der Waals surface area contributed by atoms with Crippen molar-refractivity contribution >= 4 is 11.9 Å². The molecule has 1 aromatic rings. The van der Waals surface area contributed by atoms with Gasteiger partial charge in [-0.1, -0.05) is 59.7 Å². The highest BCUT2D eigenvalue weighted by atomic mass is 16.4. The monoisotopic (exact) mass is 362 g/mol. The molecule has 2 N–H and O–H groups in total. The van der Waals surface area contributed by atoms with E-state index >= 15 is 0 Å². The predicted molar refractivity (Wildman–Crippen MR) is 105 cm³/mol. The predicted octanol–water partition coefficient (Wildman–Crippen LogP) is 5.31. The first-order chi connectivity index (χ1) is 12.0. The number of aliphatic carboxylic acids is 2. The average molecular weight is 363 g/mol. The minimum atomic E-state index is -0.884. The molecule has 4 heteroatoms. The lowest BCUT2D eigenvalue weighted by Crippen LogP contribution is -2.21. The van der Waals surface area contributed by atoms with E-state index in [1.807, 2.05) is 45.9 Å². The van der Waals surface area contributed by atoms with Gasteiger partial charge in [0.05, 0.1) is 11.8 Å². The largest absolute Gasteiger partial charge is 0.481 e. The molecule has 0 saturated heterocycles. The first kappa shape index (κ1) is 22.2. The zero-order valence-electron chi connectivity index (χ0n) is 17.0. The van der Waals surface area contributed by atoms with Crippen LogP contribution in [-0.2, 0) is 16.0 Å². The third-order valence-electron chi connectivity index (χ3n) is 4.56. The summed E-state index contributed by atoms with van der Waals surface area (Å²) in [6, 6.07) is 5.75. The molecule has 26 heavy (non-hydrogen) atoms. The van der Waals surface area contributed by atoms with Crippen molar-refractivity contribution in [2.45, 2.75) is 72.6 Å². The molecule has 0 aromatic heterocycles. The van der Waals surface area contributed by atoms with Crippen LogP contribution in [0.4, 0.5) is 0 Å².